The summed E-state index contributed by atoms with van der Waals surface area (Å²) in [4.78, 5) is 12.0. The van der Waals surface area contributed by atoms with Crippen LogP contribution in [-0.4, -0.2) is 32.3 Å². The van der Waals surface area contributed by atoms with Gasteiger partial charge >= 0.3 is 6.03 Å². The first-order valence-electron chi connectivity index (χ1n) is 8.12. The molecule has 0 unspecified atom stereocenters. The summed E-state index contributed by atoms with van der Waals surface area (Å²) >= 11 is 0. The molecule has 3 rings (SSSR count). The van der Waals surface area contributed by atoms with Crippen LogP contribution < -0.4 is 20.1 Å². The molecular formula is C19H22N2O3. The van der Waals surface area contributed by atoms with E-state index >= 15 is 0 Å². The third kappa shape index (κ3) is 4.19. The number of rotatable bonds is 5. The Labute approximate surface area is 142 Å². The van der Waals surface area contributed by atoms with E-state index in [0.717, 1.165) is 29.9 Å². The Bertz CT molecular complexity index is 688. The van der Waals surface area contributed by atoms with Gasteiger partial charge < -0.3 is 20.1 Å². The second-order valence-corrected chi connectivity index (χ2v) is 5.82. The van der Waals surface area contributed by atoms with Crippen molar-refractivity contribution in [2.75, 3.05) is 20.3 Å². The topological polar surface area (TPSA) is 59.6 Å². The van der Waals surface area contributed by atoms with Gasteiger partial charge in [-0.2, -0.15) is 0 Å². The summed E-state index contributed by atoms with van der Waals surface area (Å²) in [7, 11) is 1.64. The molecule has 0 aliphatic carbocycles. The van der Waals surface area contributed by atoms with Gasteiger partial charge in [-0.1, -0.05) is 30.3 Å². The largest absolute Gasteiger partial charge is 0.497 e. The van der Waals surface area contributed by atoms with Gasteiger partial charge in [0.15, 0.2) is 0 Å². The standard InChI is InChI=1S/C19H22N2O3/c1-23-17-7-8-18-15(12-17)11-16(13-24-18)21-19(22)20-10-9-14-5-3-2-4-6-14/h2-8,12,16H,9-11,13H2,1H3,(H2,20,21,22)/t16-/m0/s1. The van der Waals surface area contributed by atoms with Crippen LogP contribution >= 0.6 is 0 Å². The maximum Gasteiger partial charge on any atom is 0.315 e. The van der Waals surface area contributed by atoms with E-state index in [4.69, 9.17) is 9.47 Å². The van der Waals surface area contributed by atoms with E-state index in [0.29, 0.717) is 13.2 Å². The van der Waals surface area contributed by atoms with Gasteiger partial charge in [-0.3, -0.25) is 0 Å². The van der Waals surface area contributed by atoms with E-state index in [1.807, 2.05) is 36.4 Å². The minimum atomic E-state index is -0.161. The summed E-state index contributed by atoms with van der Waals surface area (Å²) < 4.78 is 10.9. The highest BCUT2D eigenvalue weighted by Gasteiger charge is 2.21. The van der Waals surface area contributed by atoms with Crippen LogP contribution in [-0.2, 0) is 12.8 Å². The third-order valence-corrected chi connectivity index (χ3v) is 4.05. The summed E-state index contributed by atoms with van der Waals surface area (Å²) in [5, 5.41) is 5.86. The van der Waals surface area contributed by atoms with Gasteiger partial charge in [0, 0.05) is 6.54 Å². The lowest BCUT2D eigenvalue weighted by molar-refractivity contribution is 0.214. The van der Waals surface area contributed by atoms with Crippen LogP contribution in [0.3, 0.4) is 0 Å². The van der Waals surface area contributed by atoms with E-state index in [2.05, 4.69) is 22.8 Å². The first-order chi connectivity index (χ1) is 11.7. The molecule has 0 saturated heterocycles. The Morgan fingerprint density at radius 1 is 1.25 bits per heavy atom. The van der Waals surface area contributed by atoms with E-state index in [-0.39, 0.29) is 12.1 Å². The average molecular weight is 326 g/mol. The first-order valence-corrected chi connectivity index (χ1v) is 8.12. The van der Waals surface area contributed by atoms with Crippen molar-refractivity contribution >= 4 is 6.03 Å². The predicted molar refractivity (Wildman–Crippen MR) is 92.7 cm³/mol. The Morgan fingerprint density at radius 3 is 2.88 bits per heavy atom. The van der Waals surface area contributed by atoms with Crippen LogP contribution in [0, 0.1) is 0 Å². The number of methoxy groups -OCH3 is 1. The highest BCUT2D eigenvalue weighted by molar-refractivity contribution is 5.74. The minimum Gasteiger partial charge on any atom is -0.497 e. The fourth-order valence-corrected chi connectivity index (χ4v) is 2.79. The van der Waals surface area contributed by atoms with Crippen molar-refractivity contribution in [3.63, 3.8) is 0 Å². The lowest BCUT2D eigenvalue weighted by Gasteiger charge is -2.26. The first kappa shape index (κ1) is 16.2. The number of ether oxygens (including phenoxy) is 2. The summed E-state index contributed by atoms with van der Waals surface area (Å²) in [6, 6.07) is 15.6. The second kappa shape index (κ2) is 7.73. The van der Waals surface area contributed by atoms with Gasteiger partial charge in [0.05, 0.1) is 13.2 Å². The molecule has 126 valence electrons. The number of benzene rings is 2. The van der Waals surface area contributed by atoms with Crippen LogP contribution in [0.4, 0.5) is 4.79 Å². The zero-order valence-electron chi connectivity index (χ0n) is 13.7. The summed E-state index contributed by atoms with van der Waals surface area (Å²) in [5.74, 6) is 1.66. The Hall–Kier alpha value is -2.69. The van der Waals surface area contributed by atoms with E-state index in [1.54, 1.807) is 7.11 Å². The van der Waals surface area contributed by atoms with Gasteiger partial charge in [-0.05, 0) is 42.2 Å². The summed E-state index contributed by atoms with van der Waals surface area (Å²) in [5.41, 5.74) is 2.26. The van der Waals surface area contributed by atoms with Crippen molar-refractivity contribution in [2.24, 2.45) is 0 Å². The van der Waals surface area contributed by atoms with Crippen LogP contribution in [0.1, 0.15) is 11.1 Å². The fourth-order valence-electron chi connectivity index (χ4n) is 2.79. The van der Waals surface area contributed by atoms with Gasteiger partial charge in [0.25, 0.3) is 0 Å². The van der Waals surface area contributed by atoms with Crippen LogP contribution in [0.2, 0.25) is 0 Å². The number of nitrogens with one attached hydrogen (secondary N) is 2. The number of carbonyl (C=O) groups excluding carboxylic acids is 1. The Balaban J connectivity index is 1.46. The molecule has 5 heteroatoms. The maximum atomic E-state index is 12.0. The van der Waals surface area contributed by atoms with Gasteiger partial charge in [-0.25, -0.2) is 4.79 Å². The molecule has 0 saturated carbocycles. The fraction of sp³-hybridized carbons (Fsp3) is 0.316. The Kier molecular flexibility index (Phi) is 5.21. The van der Waals surface area contributed by atoms with Crippen molar-refractivity contribution in [3.8, 4) is 11.5 Å². The van der Waals surface area contributed by atoms with Crippen LogP contribution in [0.5, 0.6) is 11.5 Å². The Morgan fingerprint density at radius 2 is 2.08 bits per heavy atom. The number of hydrogen-bond donors (Lipinski definition) is 2. The van der Waals surface area contributed by atoms with Crippen LogP contribution in [0.15, 0.2) is 48.5 Å². The molecule has 24 heavy (non-hydrogen) atoms. The number of fused-ring (bicyclic) bond motifs is 1. The molecule has 0 aromatic heterocycles. The normalized spacial score (nSPS) is 15.8. The molecule has 2 aromatic rings. The zero-order valence-corrected chi connectivity index (χ0v) is 13.7. The molecule has 1 aliphatic rings. The van der Waals surface area contributed by atoms with Crippen LogP contribution in [0.25, 0.3) is 0 Å². The number of hydrogen-bond acceptors (Lipinski definition) is 3. The quantitative estimate of drug-likeness (QED) is 0.888. The van der Waals surface area contributed by atoms with Crippen molar-refractivity contribution in [3.05, 3.63) is 59.7 Å². The third-order valence-electron chi connectivity index (χ3n) is 4.05. The second-order valence-electron chi connectivity index (χ2n) is 5.82. The molecule has 0 radical (unpaired) electrons. The van der Waals surface area contributed by atoms with Crippen molar-refractivity contribution in [1.29, 1.82) is 0 Å². The van der Waals surface area contributed by atoms with Gasteiger partial charge in [-0.15, -0.1) is 0 Å². The predicted octanol–water partition coefficient (Wildman–Crippen LogP) is 2.54. The van der Waals surface area contributed by atoms with Crippen molar-refractivity contribution < 1.29 is 14.3 Å². The molecule has 2 amide bonds. The molecule has 0 bridgehead atoms. The average Bonchev–Trinajstić information content (AvgIpc) is 2.62. The lowest BCUT2D eigenvalue weighted by atomic mass is 10.0. The van der Waals surface area contributed by atoms with Gasteiger partial charge in [0.2, 0.25) is 0 Å². The molecule has 1 heterocycles. The molecule has 2 N–H and O–H groups in total. The summed E-state index contributed by atoms with van der Waals surface area (Å²) in [6.45, 7) is 1.08. The SMILES string of the molecule is COc1ccc2c(c1)C[C@H](NC(=O)NCCc1ccccc1)CO2. The van der Waals surface area contributed by atoms with E-state index < -0.39 is 0 Å². The molecular weight excluding hydrogens is 304 g/mol. The lowest BCUT2D eigenvalue weighted by Crippen LogP contribution is -2.47. The smallest absolute Gasteiger partial charge is 0.315 e. The molecule has 0 fully saturated rings. The molecule has 0 spiro atoms. The number of carbonyl (C=O) groups is 1. The van der Waals surface area contributed by atoms with E-state index in [1.165, 1.54) is 5.56 Å². The summed E-state index contributed by atoms with van der Waals surface area (Å²) in [6.07, 6.45) is 1.55. The highest BCUT2D eigenvalue weighted by atomic mass is 16.5. The van der Waals surface area contributed by atoms with Gasteiger partial charge in [0.1, 0.15) is 18.1 Å². The van der Waals surface area contributed by atoms with Crippen molar-refractivity contribution in [2.45, 2.75) is 18.9 Å². The number of urea groups is 1. The molecule has 1 atom stereocenters. The van der Waals surface area contributed by atoms with E-state index in [9.17, 15) is 4.79 Å². The molecule has 5 nitrogen and oxygen atoms in total. The van der Waals surface area contributed by atoms with Crippen molar-refractivity contribution in [1.82, 2.24) is 10.6 Å². The zero-order chi connectivity index (χ0) is 16.8. The molecule has 1 aliphatic heterocycles. The maximum absolute atomic E-state index is 12.0. The number of amides is 2. The highest BCUT2D eigenvalue weighted by Crippen LogP contribution is 2.28. The monoisotopic (exact) mass is 326 g/mol. The minimum absolute atomic E-state index is 0.0404. The molecule has 2 aromatic carbocycles.